The molecule has 0 aliphatic carbocycles. The highest BCUT2D eigenvalue weighted by Gasteiger charge is 2.34. The van der Waals surface area contributed by atoms with E-state index in [0.717, 1.165) is 61.9 Å². The van der Waals surface area contributed by atoms with Gasteiger partial charge in [-0.15, -0.1) is 48.1 Å². The van der Waals surface area contributed by atoms with E-state index in [1.54, 1.807) is 140 Å². The molecule has 39 heteroatoms. The molecule has 0 bridgehead atoms. The summed E-state index contributed by atoms with van der Waals surface area (Å²) in [5, 5.41) is 40.7. The molecule has 0 aliphatic heterocycles. The predicted molar refractivity (Wildman–Crippen MR) is 479 cm³/mol. The lowest BCUT2D eigenvalue weighted by Gasteiger charge is -2.04. The maximum atomic E-state index is 12.2. The van der Waals surface area contributed by atoms with Crippen molar-refractivity contribution in [1.29, 1.82) is 0 Å². The van der Waals surface area contributed by atoms with Crippen LogP contribution in [0.3, 0.4) is 0 Å². The summed E-state index contributed by atoms with van der Waals surface area (Å²) in [6.07, 6.45) is 34.4. The fourth-order valence-corrected chi connectivity index (χ4v) is 13.2. The number of nitrogens with zero attached hydrogens (tertiary/aromatic N) is 28. The molecule has 12 heterocycles. The standard InChI is InChI=1S/C15H12F3N5O2.C15H16N6.3C15H14N4O.C14H12ClN5OS/c1-9-5-10(2)7-11(6-9)13-19-8-23(20-13)4-3-12-14(22-25-21-12)24-15(16,17)18;1-11-6-12(2)8-13(7-11)15-17-10-21(19-15)5-4-14-16-9-20(3)18-14;1-11-7-12(2)9-13(8-11)15-17-10-19(18-15)5-3-14-16-4-6-20-14;1-11-7-12(2)9-13(8-11)15-16-10-19(17-15)5-3-14-4-6-20-18-14;1-11-5-12(2)7-13(6-11)15-17-9-19(18-15)4-3-14-8-16-10-20-14;1-9-5-10(2)7-11(6-9)13-16-8-20(17-13)4-3-12-14(21-15)19-22-18-12/h3-8H,1-2H3;4-10H,1-3H3;3*3-10H,1-2H3;3-8H,1-2H3/b4-3-;5-4-;2*5-3-;2*4-3-. The van der Waals surface area contributed by atoms with Crippen molar-refractivity contribution < 1.29 is 40.2 Å². The molecular formula is C89H82ClF3N28O6S. The summed E-state index contributed by atoms with van der Waals surface area (Å²) in [4.78, 5) is 37.8. The summed E-state index contributed by atoms with van der Waals surface area (Å²) in [5.41, 5.74) is 21.1. The third-order valence-electron chi connectivity index (χ3n) is 17.5. The van der Waals surface area contributed by atoms with Crippen LogP contribution in [-0.2, 0) is 7.05 Å². The van der Waals surface area contributed by atoms with Crippen molar-refractivity contribution in [3.8, 4) is 80.1 Å². The molecule has 34 nitrogen and oxygen atoms in total. The van der Waals surface area contributed by atoms with Gasteiger partial charge in [0.1, 0.15) is 85.8 Å². The summed E-state index contributed by atoms with van der Waals surface area (Å²) in [7, 11) is 1.83. The maximum absolute atomic E-state index is 12.2. The quantitative estimate of drug-likeness (QED) is 0.0684. The van der Waals surface area contributed by atoms with Crippen LogP contribution in [0.15, 0.2) is 209 Å². The zero-order valence-electron chi connectivity index (χ0n) is 71.2. The van der Waals surface area contributed by atoms with Crippen LogP contribution in [-0.4, -0.2) is 144 Å². The highest BCUT2D eigenvalue weighted by molar-refractivity contribution is 6.99. The number of hydrogen-bond acceptors (Lipinski definition) is 28. The highest BCUT2D eigenvalue weighted by atomic mass is 35.5. The number of ether oxygens (including phenoxy) is 1. The molecule has 0 unspecified atom stereocenters. The molecule has 12 aromatic heterocycles. The van der Waals surface area contributed by atoms with E-state index in [-0.39, 0.29) is 11.6 Å². The zero-order chi connectivity index (χ0) is 90.2. The minimum Gasteiger partial charge on any atom is -0.445 e. The van der Waals surface area contributed by atoms with E-state index < -0.39 is 12.2 Å². The number of halogens is 4. The molecule has 0 saturated heterocycles. The number of alkyl halides is 3. The molecule has 6 aromatic carbocycles. The van der Waals surface area contributed by atoms with E-state index >= 15 is 0 Å². The Morgan fingerprint density at radius 1 is 0.375 bits per heavy atom. The number of benzene rings is 6. The largest absolute Gasteiger partial charge is 0.574 e. The van der Waals surface area contributed by atoms with E-state index in [2.05, 4.69) is 279 Å². The molecule has 0 fully saturated rings. The first-order valence-electron chi connectivity index (χ1n) is 39.0. The molecule has 0 saturated carbocycles. The predicted octanol–water partition coefficient (Wildman–Crippen LogP) is 18.9. The number of hydrogen-bond donors (Lipinski definition) is 0. The number of aryl methyl sites for hydroxylation is 13. The molecule has 0 atom stereocenters. The first kappa shape index (κ1) is 89.5. The van der Waals surface area contributed by atoms with Gasteiger partial charge < -0.3 is 22.4 Å². The van der Waals surface area contributed by atoms with Crippen LogP contribution in [0.25, 0.3) is 142 Å². The van der Waals surface area contributed by atoms with E-state index in [4.69, 9.17) is 25.2 Å². The number of aromatic nitrogens is 28. The lowest BCUT2D eigenvalue weighted by atomic mass is 10.1. The molecule has 0 amide bonds. The van der Waals surface area contributed by atoms with Gasteiger partial charge in [-0.1, -0.05) is 108 Å². The summed E-state index contributed by atoms with van der Waals surface area (Å²) >= 11 is 6.33. The summed E-state index contributed by atoms with van der Waals surface area (Å²) in [6, 6.07) is 39.0. The Kier molecular flexibility index (Phi) is 29.5. The Hall–Kier alpha value is -16.3. The SMILES string of the molecule is Cc1cc(C)cc(-c2ncn(/C=C\c3ccon3)n2)c1.Cc1cc(C)cc(-c2ncn(/C=C\c3cnco3)n2)c1.Cc1cc(C)cc(-c2ncn(/C=C\c3ncco3)n2)c1.Cc1cc(C)cc(-c2ncn(/C=C\c3ncn(C)n3)n2)c1.Cc1cc(C)cc(-c2ncn(/C=C\c3nonc3OC(F)(F)F)n2)c1.Cc1cc(C)cc(-c2ncn(/C=C\c3nsnc3OCl)n2)c1. The average Bonchev–Trinajstić information content (AvgIpc) is 1.77. The van der Waals surface area contributed by atoms with Gasteiger partial charge in [-0.25, -0.2) is 77.6 Å². The van der Waals surface area contributed by atoms with Crippen LogP contribution in [0, 0.1) is 83.1 Å². The second-order valence-electron chi connectivity index (χ2n) is 29.0. The fourth-order valence-electron chi connectivity index (χ4n) is 12.6. The molecule has 128 heavy (non-hydrogen) atoms. The van der Waals surface area contributed by atoms with Gasteiger partial charge in [0.2, 0.25) is 5.89 Å². The van der Waals surface area contributed by atoms with Crippen molar-refractivity contribution in [3.05, 3.63) is 292 Å². The normalized spacial score (nSPS) is 11.4. The van der Waals surface area contributed by atoms with Crippen LogP contribution in [0.5, 0.6) is 11.8 Å². The summed E-state index contributed by atoms with van der Waals surface area (Å²) in [6.45, 7) is 24.6. The molecule has 0 radical (unpaired) electrons. The first-order valence-corrected chi connectivity index (χ1v) is 40.0. The lowest BCUT2D eigenvalue weighted by Crippen LogP contribution is -2.17. The van der Waals surface area contributed by atoms with E-state index in [1.807, 2.05) is 45.2 Å². The Labute approximate surface area is 739 Å². The molecule has 0 spiro atoms. The van der Waals surface area contributed by atoms with Crippen molar-refractivity contribution in [2.75, 3.05) is 0 Å². The van der Waals surface area contributed by atoms with Crippen molar-refractivity contribution >= 4 is 97.3 Å². The van der Waals surface area contributed by atoms with Gasteiger partial charge in [-0.2, -0.15) is 9.47 Å². The summed E-state index contributed by atoms with van der Waals surface area (Å²) in [5.74, 6) is 5.33. The van der Waals surface area contributed by atoms with Gasteiger partial charge in [-0.3, -0.25) is 4.68 Å². The molecule has 18 rings (SSSR count). The van der Waals surface area contributed by atoms with Crippen LogP contribution in [0.2, 0.25) is 0 Å². The molecule has 18 aromatic rings. The van der Waals surface area contributed by atoms with Crippen LogP contribution in [0.1, 0.15) is 101 Å². The van der Waals surface area contributed by atoms with Crippen LogP contribution >= 0.6 is 23.6 Å². The first-order chi connectivity index (χ1) is 61.7. The Bertz CT molecular complexity index is 6450. The molecular weight excluding hydrogens is 1680 g/mol. The zero-order valence-corrected chi connectivity index (χ0v) is 72.8. The van der Waals surface area contributed by atoms with Crippen molar-refractivity contribution in [1.82, 2.24) is 138 Å². The minimum atomic E-state index is -4.88. The van der Waals surface area contributed by atoms with Crippen molar-refractivity contribution in [3.63, 3.8) is 0 Å². The average molecular weight is 1760 g/mol. The van der Waals surface area contributed by atoms with E-state index in [0.29, 0.717) is 58.1 Å². The highest BCUT2D eigenvalue weighted by Crippen LogP contribution is 2.28. The third kappa shape index (κ3) is 26.6. The fraction of sp³-hybridized carbons (Fsp3) is 0.157. The Morgan fingerprint density at radius 2 is 0.750 bits per heavy atom. The number of rotatable bonds is 20. The topological polar surface area (TPSA) is 376 Å². The van der Waals surface area contributed by atoms with Crippen molar-refractivity contribution in [2.45, 2.75) is 89.4 Å². The third-order valence-corrected chi connectivity index (χ3v) is 18.1. The second kappa shape index (κ2) is 42.2. The monoisotopic (exact) mass is 1760 g/mol. The van der Waals surface area contributed by atoms with Crippen LogP contribution in [0.4, 0.5) is 13.2 Å². The van der Waals surface area contributed by atoms with Gasteiger partial charge in [0.05, 0.1) is 24.1 Å². The minimum absolute atomic E-state index is 0.222. The molecule has 648 valence electrons. The maximum Gasteiger partial charge on any atom is 0.574 e. The van der Waals surface area contributed by atoms with Gasteiger partial charge in [-0.05, 0) is 184 Å². The number of oxazole rings is 2. The Balaban J connectivity index is 0.000000131. The van der Waals surface area contributed by atoms with E-state index in [9.17, 15) is 13.2 Å². The van der Waals surface area contributed by atoms with Gasteiger partial charge in [0, 0.05) is 102 Å². The summed E-state index contributed by atoms with van der Waals surface area (Å²) < 4.78 is 83.4. The van der Waals surface area contributed by atoms with Crippen molar-refractivity contribution in [2.24, 2.45) is 7.05 Å². The molecule has 0 aliphatic rings. The van der Waals surface area contributed by atoms with Crippen LogP contribution < -0.4 is 9.03 Å². The second-order valence-corrected chi connectivity index (χ2v) is 29.6. The van der Waals surface area contributed by atoms with E-state index in [1.165, 1.54) is 97.8 Å². The van der Waals surface area contributed by atoms with Gasteiger partial charge >= 0.3 is 6.36 Å². The molecule has 0 N–H and O–H groups in total. The van der Waals surface area contributed by atoms with Gasteiger partial charge in [0.15, 0.2) is 52.9 Å². The lowest BCUT2D eigenvalue weighted by molar-refractivity contribution is -0.276. The smallest absolute Gasteiger partial charge is 0.445 e. The Morgan fingerprint density at radius 3 is 1.09 bits per heavy atom. The van der Waals surface area contributed by atoms with Gasteiger partial charge in [0.25, 0.3) is 11.8 Å².